The van der Waals surface area contributed by atoms with Crippen LogP contribution >= 0.6 is 22.6 Å². The molecule has 2 nitrogen and oxygen atoms in total. The molecule has 0 aliphatic rings. The van der Waals surface area contributed by atoms with Gasteiger partial charge in [0.2, 0.25) is 0 Å². The lowest BCUT2D eigenvalue weighted by Crippen LogP contribution is -2.04. The average Bonchev–Trinajstić information content (AvgIpc) is 2.24. The summed E-state index contributed by atoms with van der Waals surface area (Å²) in [5.41, 5.74) is 1.01. The van der Waals surface area contributed by atoms with Gasteiger partial charge in [-0.3, -0.25) is 4.79 Å². The van der Waals surface area contributed by atoms with E-state index >= 15 is 0 Å². The van der Waals surface area contributed by atoms with Crippen LogP contribution in [0.4, 0.5) is 0 Å². The molecule has 0 heterocycles. The van der Waals surface area contributed by atoms with Crippen molar-refractivity contribution in [1.29, 1.82) is 0 Å². The number of carbonyl (C=O) groups is 1. The first-order valence-electron chi connectivity index (χ1n) is 4.96. The van der Waals surface area contributed by atoms with Crippen molar-refractivity contribution in [2.24, 2.45) is 0 Å². The second kappa shape index (κ2) is 4.41. The fourth-order valence-electron chi connectivity index (χ4n) is 1.66. The second-order valence-electron chi connectivity index (χ2n) is 3.63. The third-order valence-corrected chi connectivity index (χ3v) is 3.55. The summed E-state index contributed by atoms with van der Waals surface area (Å²) in [6.07, 6.45) is 0. The number of rotatable bonds is 1. The van der Waals surface area contributed by atoms with Crippen molar-refractivity contribution in [3.05, 3.63) is 39.5 Å². The largest absolute Gasteiger partial charge is 0.426 e. The summed E-state index contributed by atoms with van der Waals surface area (Å²) in [6, 6.07) is 10.0. The summed E-state index contributed by atoms with van der Waals surface area (Å²) >= 11 is 2.25. The molecule has 0 aliphatic heterocycles. The van der Waals surface area contributed by atoms with Gasteiger partial charge in [-0.2, -0.15) is 0 Å². The van der Waals surface area contributed by atoms with Crippen molar-refractivity contribution in [1.82, 2.24) is 0 Å². The first-order valence-corrected chi connectivity index (χ1v) is 6.03. The summed E-state index contributed by atoms with van der Waals surface area (Å²) in [4.78, 5) is 11.1. The van der Waals surface area contributed by atoms with Gasteiger partial charge in [-0.25, -0.2) is 0 Å². The SMILES string of the molecule is CC(=O)Oc1c(C)c(I)cc2ccccc12. The maximum absolute atomic E-state index is 11.1. The van der Waals surface area contributed by atoms with Crippen LogP contribution in [0, 0.1) is 10.5 Å². The Morgan fingerprint density at radius 2 is 2.00 bits per heavy atom. The minimum Gasteiger partial charge on any atom is -0.426 e. The highest BCUT2D eigenvalue weighted by Crippen LogP contribution is 2.33. The Balaban J connectivity index is 2.76. The van der Waals surface area contributed by atoms with E-state index in [-0.39, 0.29) is 5.97 Å². The maximum atomic E-state index is 11.1. The highest BCUT2D eigenvalue weighted by Gasteiger charge is 2.11. The number of esters is 1. The Hall–Kier alpha value is -1.10. The summed E-state index contributed by atoms with van der Waals surface area (Å²) in [5.74, 6) is 0.394. The predicted molar refractivity (Wildman–Crippen MR) is 72.7 cm³/mol. The van der Waals surface area contributed by atoms with Gasteiger partial charge in [0.25, 0.3) is 0 Å². The van der Waals surface area contributed by atoms with Crippen LogP contribution in [0.25, 0.3) is 10.8 Å². The number of benzene rings is 2. The van der Waals surface area contributed by atoms with Crippen LogP contribution in [0.5, 0.6) is 5.75 Å². The molecule has 0 saturated carbocycles. The Labute approximate surface area is 108 Å². The fourth-order valence-corrected chi connectivity index (χ4v) is 2.24. The van der Waals surface area contributed by atoms with Gasteiger partial charge >= 0.3 is 5.97 Å². The van der Waals surface area contributed by atoms with Crippen LogP contribution in [0.1, 0.15) is 12.5 Å². The zero-order valence-corrected chi connectivity index (χ0v) is 11.2. The minimum atomic E-state index is -0.282. The van der Waals surface area contributed by atoms with Gasteiger partial charge in [0.15, 0.2) is 0 Å². The smallest absolute Gasteiger partial charge is 0.308 e. The molecular formula is C13H11IO2. The molecule has 2 aromatic rings. The van der Waals surface area contributed by atoms with Crippen LogP contribution in [0.3, 0.4) is 0 Å². The highest BCUT2D eigenvalue weighted by molar-refractivity contribution is 14.1. The zero-order valence-electron chi connectivity index (χ0n) is 9.08. The van der Waals surface area contributed by atoms with Gasteiger partial charge in [-0.05, 0) is 41.0 Å². The first kappa shape index (κ1) is 11.4. The quantitative estimate of drug-likeness (QED) is 0.454. The molecule has 16 heavy (non-hydrogen) atoms. The second-order valence-corrected chi connectivity index (χ2v) is 4.79. The molecule has 2 aromatic carbocycles. The van der Waals surface area contributed by atoms with Crippen LogP contribution in [0.2, 0.25) is 0 Å². The molecule has 0 aromatic heterocycles. The molecule has 0 amide bonds. The molecule has 2 rings (SSSR count). The molecule has 0 bridgehead atoms. The molecule has 3 heteroatoms. The number of hydrogen-bond donors (Lipinski definition) is 0. The van der Waals surface area contributed by atoms with E-state index in [1.54, 1.807) is 0 Å². The topological polar surface area (TPSA) is 26.3 Å². The summed E-state index contributed by atoms with van der Waals surface area (Å²) in [5, 5.41) is 2.07. The number of carbonyl (C=O) groups excluding carboxylic acids is 1. The third kappa shape index (κ3) is 2.04. The average molecular weight is 326 g/mol. The van der Waals surface area contributed by atoms with E-state index in [0.29, 0.717) is 5.75 Å². The van der Waals surface area contributed by atoms with E-state index in [2.05, 4.69) is 28.7 Å². The first-order chi connectivity index (χ1) is 7.59. The van der Waals surface area contributed by atoms with Crippen molar-refractivity contribution >= 4 is 39.3 Å². The molecular weight excluding hydrogens is 315 g/mol. The van der Waals surface area contributed by atoms with Gasteiger partial charge in [0.05, 0.1) is 0 Å². The van der Waals surface area contributed by atoms with E-state index in [1.165, 1.54) is 6.92 Å². The number of ether oxygens (including phenoxy) is 1. The van der Waals surface area contributed by atoms with E-state index < -0.39 is 0 Å². The van der Waals surface area contributed by atoms with Crippen molar-refractivity contribution in [3.63, 3.8) is 0 Å². The molecule has 0 radical (unpaired) electrons. The fraction of sp³-hybridized carbons (Fsp3) is 0.154. The molecule has 0 unspecified atom stereocenters. The molecule has 0 fully saturated rings. The number of halogens is 1. The highest BCUT2D eigenvalue weighted by atomic mass is 127. The molecule has 0 N–H and O–H groups in total. The van der Waals surface area contributed by atoms with Crippen LogP contribution in [0.15, 0.2) is 30.3 Å². The van der Waals surface area contributed by atoms with Gasteiger partial charge in [-0.1, -0.05) is 24.3 Å². The van der Waals surface area contributed by atoms with Gasteiger partial charge < -0.3 is 4.74 Å². The molecule has 0 spiro atoms. The maximum Gasteiger partial charge on any atom is 0.308 e. The molecule has 0 atom stereocenters. The van der Waals surface area contributed by atoms with E-state index in [9.17, 15) is 4.79 Å². The normalized spacial score (nSPS) is 10.4. The Bertz CT molecular complexity index is 561. The van der Waals surface area contributed by atoms with Crippen molar-refractivity contribution < 1.29 is 9.53 Å². The van der Waals surface area contributed by atoms with Crippen molar-refractivity contribution in [2.75, 3.05) is 0 Å². The number of hydrogen-bond acceptors (Lipinski definition) is 2. The Morgan fingerprint density at radius 1 is 1.31 bits per heavy atom. The molecule has 82 valence electrons. The third-order valence-electron chi connectivity index (χ3n) is 2.43. The van der Waals surface area contributed by atoms with Gasteiger partial charge in [-0.15, -0.1) is 0 Å². The number of fused-ring (bicyclic) bond motifs is 1. The Kier molecular flexibility index (Phi) is 3.14. The van der Waals surface area contributed by atoms with E-state index in [1.807, 2.05) is 31.2 Å². The lowest BCUT2D eigenvalue weighted by molar-refractivity contribution is -0.131. The lowest BCUT2D eigenvalue weighted by atomic mass is 10.1. The van der Waals surface area contributed by atoms with Crippen LogP contribution in [-0.4, -0.2) is 5.97 Å². The summed E-state index contributed by atoms with van der Waals surface area (Å²) in [7, 11) is 0. The Morgan fingerprint density at radius 3 is 2.69 bits per heavy atom. The zero-order chi connectivity index (χ0) is 11.7. The molecule has 0 saturated heterocycles. The van der Waals surface area contributed by atoms with Crippen molar-refractivity contribution in [2.45, 2.75) is 13.8 Å². The minimum absolute atomic E-state index is 0.282. The summed E-state index contributed by atoms with van der Waals surface area (Å²) < 4.78 is 6.40. The molecule has 0 aliphatic carbocycles. The predicted octanol–water partition coefficient (Wildman–Crippen LogP) is 3.68. The lowest BCUT2D eigenvalue weighted by Gasteiger charge is -2.11. The summed E-state index contributed by atoms with van der Waals surface area (Å²) in [6.45, 7) is 3.39. The van der Waals surface area contributed by atoms with E-state index in [4.69, 9.17) is 4.74 Å². The van der Waals surface area contributed by atoms with Gasteiger partial charge in [0.1, 0.15) is 5.75 Å². The van der Waals surface area contributed by atoms with E-state index in [0.717, 1.165) is 19.9 Å². The monoisotopic (exact) mass is 326 g/mol. The van der Waals surface area contributed by atoms with Crippen molar-refractivity contribution in [3.8, 4) is 5.75 Å². The van der Waals surface area contributed by atoms with Crippen LogP contribution in [-0.2, 0) is 4.79 Å². The van der Waals surface area contributed by atoms with Crippen LogP contribution < -0.4 is 4.74 Å². The standard InChI is InChI=1S/C13H11IO2/c1-8-12(14)7-10-5-3-4-6-11(10)13(8)16-9(2)15/h3-7H,1-2H3. The van der Waals surface area contributed by atoms with Gasteiger partial charge in [0, 0.05) is 21.4 Å².